The minimum absolute atomic E-state index is 0.0486. The first-order valence-corrected chi connectivity index (χ1v) is 7.15. The number of carboxylic acid groups (broad SMARTS) is 1. The van der Waals surface area contributed by atoms with E-state index in [4.69, 9.17) is 5.11 Å². The van der Waals surface area contributed by atoms with Crippen molar-refractivity contribution in [1.29, 1.82) is 0 Å². The molecule has 0 aliphatic carbocycles. The van der Waals surface area contributed by atoms with Crippen LogP contribution in [0.4, 0.5) is 5.00 Å². The van der Waals surface area contributed by atoms with Gasteiger partial charge < -0.3 is 10.0 Å². The molecule has 1 aromatic heterocycles. The van der Waals surface area contributed by atoms with Gasteiger partial charge in [-0.1, -0.05) is 11.3 Å². The van der Waals surface area contributed by atoms with Crippen LogP contribution in [0.2, 0.25) is 0 Å². The fourth-order valence-electron chi connectivity index (χ4n) is 3.25. The molecule has 1 N–H and O–H groups in total. The molecule has 3 heterocycles. The van der Waals surface area contributed by atoms with Crippen LogP contribution in [0.3, 0.4) is 0 Å². The molecule has 0 saturated carbocycles. The predicted octanol–water partition coefficient (Wildman–Crippen LogP) is 1.73. The Morgan fingerprint density at radius 2 is 2.20 bits per heavy atom. The van der Waals surface area contributed by atoms with E-state index in [9.17, 15) is 19.7 Å². The van der Waals surface area contributed by atoms with E-state index in [1.807, 2.05) is 0 Å². The number of carbonyl (C=O) groups excluding carboxylic acids is 1. The number of nitrogens with zero attached hydrogens (tertiary/aromatic N) is 2. The number of fused-ring (bicyclic) bond motifs is 2. The van der Waals surface area contributed by atoms with Gasteiger partial charge in [-0.25, -0.2) is 0 Å². The lowest BCUT2D eigenvalue weighted by atomic mass is 9.89. The van der Waals surface area contributed by atoms with E-state index < -0.39 is 16.8 Å². The number of carbonyl (C=O) groups is 2. The van der Waals surface area contributed by atoms with Gasteiger partial charge in [-0.3, -0.25) is 19.7 Å². The molecule has 0 aromatic carbocycles. The van der Waals surface area contributed by atoms with Gasteiger partial charge in [-0.15, -0.1) is 0 Å². The maximum absolute atomic E-state index is 12.4. The van der Waals surface area contributed by atoms with Gasteiger partial charge in [-0.05, 0) is 19.3 Å². The van der Waals surface area contributed by atoms with Crippen LogP contribution in [-0.2, 0) is 4.79 Å². The number of amides is 1. The zero-order valence-electron chi connectivity index (χ0n) is 10.4. The Kier molecular flexibility index (Phi) is 2.97. The van der Waals surface area contributed by atoms with Crippen LogP contribution in [0.5, 0.6) is 0 Å². The van der Waals surface area contributed by atoms with Crippen molar-refractivity contribution >= 4 is 28.2 Å². The van der Waals surface area contributed by atoms with Crippen molar-refractivity contribution in [1.82, 2.24) is 4.90 Å². The lowest BCUT2D eigenvalue weighted by molar-refractivity contribution is -0.380. The van der Waals surface area contributed by atoms with Crippen LogP contribution in [0, 0.1) is 16.0 Å². The molecule has 2 aliphatic heterocycles. The van der Waals surface area contributed by atoms with E-state index in [1.54, 1.807) is 4.90 Å². The Bertz CT molecular complexity index is 598. The molecule has 2 aliphatic rings. The van der Waals surface area contributed by atoms with Gasteiger partial charge in [0.25, 0.3) is 5.91 Å². The number of aliphatic carboxylic acids is 1. The molecule has 0 radical (unpaired) electrons. The van der Waals surface area contributed by atoms with Crippen molar-refractivity contribution in [3.05, 3.63) is 27.1 Å². The van der Waals surface area contributed by atoms with E-state index >= 15 is 0 Å². The fraction of sp³-hybridized carbons (Fsp3) is 0.500. The molecule has 20 heavy (non-hydrogen) atoms. The molecule has 2 saturated heterocycles. The summed E-state index contributed by atoms with van der Waals surface area (Å²) in [6.45, 7) is 0. The summed E-state index contributed by atoms with van der Waals surface area (Å²) in [6.07, 6.45) is 1.99. The third-order valence-corrected chi connectivity index (χ3v) is 4.98. The highest BCUT2D eigenvalue weighted by molar-refractivity contribution is 7.13. The summed E-state index contributed by atoms with van der Waals surface area (Å²) in [5.74, 6) is -1.66. The number of nitro groups is 1. The van der Waals surface area contributed by atoms with Gasteiger partial charge in [0.1, 0.15) is 0 Å². The standard InChI is InChI=1S/C12H12N2O5S/c15-11(6-3-10(14(18)19)20-5-6)13-7-1-2-9(13)8(4-7)12(16)17/h3,5,7-9H,1-2,4H2,(H,16,17). The minimum atomic E-state index is -0.869. The van der Waals surface area contributed by atoms with Crippen LogP contribution in [0.15, 0.2) is 11.4 Å². The van der Waals surface area contributed by atoms with Gasteiger partial charge >= 0.3 is 11.0 Å². The van der Waals surface area contributed by atoms with Gasteiger partial charge in [0.15, 0.2) is 0 Å². The van der Waals surface area contributed by atoms with E-state index in [2.05, 4.69) is 0 Å². The SMILES string of the molecule is O=C(O)C1CC2CCC1N2C(=O)c1csc([N+](=O)[O-])c1. The lowest BCUT2D eigenvalue weighted by Crippen LogP contribution is -2.37. The molecule has 106 valence electrons. The second kappa shape index (κ2) is 4.55. The Labute approximate surface area is 118 Å². The third-order valence-electron chi connectivity index (χ3n) is 4.10. The highest BCUT2D eigenvalue weighted by Gasteiger charge is 2.51. The molecule has 7 nitrogen and oxygen atoms in total. The van der Waals surface area contributed by atoms with Crippen LogP contribution in [-0.4, -0.2) is 38.9 Å². The average molecular weight is 296 g/mol. The Morgan fingerprint density at radius 3 is 2.75 bits per heavy atom. The summed E-state index contributed by atoms with van der Waals surface area (Å²) >= 11 is 0.912. The van der Waals surface area contributed by atoms with Crippen molar-refractivity contribution < 1.29 is 19.6 Å². The van der Waals surface area contributed by atoms with E-state index in [1.165, 1.54) is 11.4 Å². The first-order chi connectivity index (χ1) is 9.49. The second-order valence-corrected chi connectivity index (χ2v) is 6.01. The molecular formula is C12H12N2O5S. The van der Waals surface area contributed by atoms with Crippen molar-refractivity contribution in [3.8, 4) is 0 Å². The summed E-state index contributed by atoms with van der Waals surface area (Å²) in [6, 6.07) is 0.942. The molecular weight excluding hydrogens is 284 g/mol. The molecule has 2 bridgehead atoms. The van der Waals surface area contributed by atoms with E-state index in [0.717, 1.165) is 17.8 Å². The Morgan fingerprint density at radius 1 is 1.45 bits per heavy atom. The second-order valence-electron chi connectivity index (χ2n) is 5.12. The van der Waals surface area contributed by atoms with Crippen LogP contribution in [0.25, 0.3) is 0 Å². The maximum Gasteiger partial charge on any atom is 0.324 e. The molecule has 8 heteroatoms. The molecule has 3 atom stereocenters. The number of carboxylic acids is 1. The Hall–Kier alpha value is -1.96. The highest BCUT2D eigenvalue weighted by Crippen LogP contribution is 2.43. The molecule has 2 fully saturated rings. The van der Waals surface area contributed by atoms with E-state index in [-0.39, 0.29) is 28.6 Å². The average Bonchev–Trinajstić information content (AvgIpc) is 3.11. The monoisotopic (exact) mass is 296 g/mol. The van der Waals surface area contributed by atoms with Crippen LogP contribution >= 0.6 is 11.3 Å². The normalized spacial score (nSPS) is 27.8. The van der Waals surface area contributed by atoms with Crippen molar-refractivity contribution in [3.63, 3.8) is 0 Å². The summed E-state index contributed by atoms with van der Waals surface area (Å²) < 4.78 is 0. The van der Waals surface area contributed by atoms with Crippen LogP contribution in [0.1, 0.15) is 29.6 Å². The molecule has 3 unspecified atom stereocenters. The zero-order valence-corrected chi connectivity index (χ0v) is 11.2. The summed E-state index contributed by atoms with van der Waals surface area (Å²) in [4.78, 5) is 35.3. The number of thiophene rings is 1. The van der Waals surface area contributed by atoms with Crippen molar-refractivity contribution in [2.45, 2.75) is 31.3 Å². The van der Waals surface area contributed by atoms with E-state index in [0.29, 0.717) is 12.8 Å². The zero-order chi connectivity index (χ0) is 14.4. The quantitative estimate of drug-likeness (QED) is 0.676. The molecule has 3 rings (SSSR count). The van der Waals surface area contributed by atoms with Crippen molar-refractivity contribution in [2.24, 2.45) is 5.92 Å². The van der Waals surface area contributed by atoms with Gasteiger partial charge in [0.2, 0.25) is 0 Å². The summed E-state index contributed by atoms with van der Waals surface area (Å²) in [5, 5.41) is 21.2. The third kappa shape index (κ3) is 1.87. The van der Waals surface area contributed by atoms with Crippen molar-refractivity contribution in [2.75, 3.05) is 0 Å². The number of hydrogen-bond donors (Lipinski definition) is 1. The lowest BCUT2D eigenvalue weighted by Gasteiger charge is -2.22. The highest BCUT2D eigenvalue weighted by atomic mass is 32.1. The predicted molar refractivity (Wildman–Crippen MR) is 69.7 cm³/mol. The Balaban J connectivity index is 1.84. The maximum atomic E-state index is 12.4. The first kappa shape index (κ1) is 13.0. The fourth-order valence-corrected chi connectivity index (χ4v) is 3.95. The smallest absolute Gasteiger partial charge is 0.324 e. The minimum Gasteiger partial charge on any atom is -0.481 e. The topological polar surface area (TPSA) is 101 Å². The van der Waals surface area contributed by atoms with Gasteiger partial charge in [0, 0.05) is 23.5 Å². The number of hydrogen-bond acceptors (Lipinski definition) is 5. The van der Waals surface area contributed by atoms with Gasteiger partial charge in [0.05, 0.1) is 16.4 Å². The first-order valence-electron chi connectivity index (χ1n) is 6.27. The van der Waals surface area contributed by atoms with Gasteiger partial charge in [-0.2, -0.15) is 0 Å². The largest absolute Gasteiger partial charge is 0.481 e. The number of rotatable bonds is 3. The molecule has 0 spiro atoms. The summed E-state index contributed by atoms with van der Waals surface area (Å²) in [5.41, 5.74) is 0.282. The molecule has 1 aromatic rings. The molecule has 1 amide bonds. The summed E-state index contributed by atoms with van der Waals surface area (Å²) in [7, 11) is 0. The van der Waals surface area contributed by atoms with Crippen LogP contribution < -0.4 is 0 Å².